The fourth-order valence-corrected chi connectivity index (χ4v) is 2.50. The summed E-state index contributed by atoms with van der Waals surface area (Å²) < 4.78 is 13.2. The SMILES string of the molecule is CC1NCCC1C(=O)Cc1cccc(F)c1Cl. The van der Waals surface area contributed by atoms with Crippen LogP contribution in [-0.2, 0) is 11.2 Å². The van der Waals surface area contributed by atoms with Crippen LogP contribution in [-0.4, -0.2) is 18.4 Å². The Morgan fingerprint density at radius 3 is 3.00 bits per heavy atom. The minimum absolute atomic E-state index is 0.0225. The maximum absolute atomic E-state index is 13.2. The maximum Gasteiger partial charge on any atom is 0.142 e. The number of carbonyl (C=O) groups excluding carboxylic acids is 1. The zero-order chi connectivity index (χ0) is 12.4. The molecule has 1 fully saturated rings. The van der Waals surface area contributed by atoms with E-state index in [9.17, 15) is 9.18 Å². The molecule has 1 heterocycles. The molecular formula is C13H15ClFNO. The highest BCUT2D eigenvalue weighted by Gasteiger charge is 2.29. The molecule has 17 heavy (non-hydrogen) atoms. The average molecular weight is 256 g/mol. The zero-order valence-electron chi connectivity index (χ0n) is 9.67. The smallest absolute Gasteiger partial charge is 0.142 e. The molecule has 2 unspecified atom stereocenters. The number of rotatable bonds is 3. The zero-order valence-corrected chi connectivity index (χ0v) is 10.4. The highest BCUT2D eigenvalue weighted by molar-refractivity contribution is 6.31. The quantitative estimate of drug-likeness (QED) is 0.900. The molecule has 4 heteroatoms. The summed E-state index contributed by atoms with van der Waals surface area (Å²) in [7, 11) is 0. The van der Waals surface area contributed by atoms with E-state index in [1.807, 2.05) is 6.92 Å². The van der Waals surface area contributed by atoms with Gasteiger partial charge in [0.15, 0.2) is 0 Å². The molecule has 0 saturated carbocycles. The fourth-order valence-electron chi connectivity index (χ4n) is 2.30. The third kappa shape index (κ3) is 2.67. The van der Waals surface area contributed by atoms with Gasteiger partial charge in [-0.3, -0.25) is 4.79 Å². The van der Waals surface area contributed by atoms with Crippen molar-refractivity contribution in [1.29, 1.82) is 0 Å². The first-order chi connectivity index (χ1) is 8.09. The summed E-state index contributed by atoms with van der Waals surface area (Å²) in [6.07, 6.45) is 1.07. The molecule has 1 aromatic rings. The first kappa shape index (κ1) is 12.5. The first-order valence-corrected chi connectivity index (χ1v) is 6.16. The Hall–Kier alpha value is -0.930. The molecule has 2 atom stereocenters. The largest absolute Gasteiger partial charge is 0.314 e. The van der Waals surface area contributed by atoms with Crippen LogP contribution < -0.4 is 5.32 Å². The highest BCUT2D eigenvalue weighted by atomic mass is 35.5. The summed E-state index contributed by atoms with van der Waals surface area (Å²) in [5.41, 5.74) is 0.579. The summed E-state index contributed by atoms with van der Waals surface area (Å²) in [5.74, 6) is -0.307. The molecule has 0 radical (unpaired) electrons. The van der Waals surface area contributed by atoms with E-state index in [2.05, 4.69) is 5.32 Å². The molecule has 0 aliphatic carbocycles. The molecule has 0 amide bonds. The Morgan fingerprint density at radius 2 is 2.35 bits per heavy atom. The number of nitrogens with one attached hydrogen (secondary N) is 1. The van der Waals surface area contributed by atoms with Crippen LogP contribution in [0.4, 0.5) is 4.39 Å². The number of halogens is 2. The van der Waals surface area contributed by atoms with Gasteiger partial charge in [-0.1, -0.05) is 23.7 Å². The molecule has 92 valence electrons. The van der Waals surface area contributed by atoms with Gasteiger partial charge in [0, 0.05) is 18.4 Å². The number of hydrogen-bond donors (Lipinski definition) is 1. The second kappa shape index (κ2) is 5.15. The minimum Gasteiger partial charge on any atom is -0.314 e. The van der Waals surface area contributed by atoms with E-state index in [0.717, 1.165) is 13.0 Å². The van der Waals surface area contributed by atoms with Gasteiger partial charge in [0.25, 0.3) is 0 Å². The first-order valence-electron chi connectivity index (χ1n) is 5.78. The van der Waals surface area contributed by atoms with Crippen LogP contribution in [0.25, 0.3) is 0 Å². The van der Waals surface area contributed by atoms with Crippen molar-refractivity contribution in [2.75, 3.05) is 6.54 Å². The topological polar surface area (TPSA) is 29.1 Å². The normalized spacial score (nSPS) is 23.9. The van der Waals surface area contributed by atoms with Crippen LogP contribution in [0, 0.1) is 11.7 Å². The minimum atomic E-state index is -0.463. The molecule has 1 aliphatic heterocycles. The summed E-state index contributed by atoms with van der Waals surface area (Å²) >= 11 is 5.84. The molecule has 2 nitrogen and oxygen atoms in total. The Morgan fingerprint density at radius 1 is 1.59 bits per heavy atom. The van der Waals surface area contributed by atoms with E-state index >= 15 is 0 Å². The molecule has 0 bridgehead atoms. The van der Waals surface area contributed by atoms with E-state index < -0.39 is 5.82 Å². The lowest BCUT2D eigenvalue weighted by molar-refractivity contribution is -0.122. The number of benzene rings is 1. The van der Waals surface area contributed by atoms with Crippen molar-refractivity contribution in [1.82, 2.24) is 5.32 Å². The molecule has 1 aromatic carbocycles. The van der Waals surface area contributed by atoms with Crippen LogP contribution >= 0.6 is 11.6 Å². The maximum atomic E-state index is 13.2. The van der Waals surface area contributed by atoms with E-state index in [1.165, 1.54) is 6.07 Å². The molecule has 1 N–H and O–H groups in total. The highest BCUT2D eigenvalue weighted by Crippen LogP contribution is 2.23. The van der Waals surface area contributed by atoms with Crippen LogP contribution in [0.1, 0.15) is 18.9 Å². The molecule has 1 aliphatic rings. The van der Waals surface area contributed by atoms with Crippen molar-refractivity contribution in [3.8, 4) is 0 Å². The van der Waals surface area contributed by atoms with Gasteiger partial charge in [0.2, 0.25) is 0 Å². The lowest BCUT2D eigenvalue weighted by Gasteiger charge is -2.14. The lowest BCUT2D eigenvalue weighted by atomic mass is 9.92. The Labute approximate surface area is 105 Å². The van der Waals surface area contributed by atoms with Crippen molar-refractivity contribution >= 4 is 17.4 Å². The van der Waals surface area contributed by atoms with Crippen molar-refractivity contribution < 1.29 is 9.18 Å². The fraction of sp³-hybridized carbons (Fsp3) is 0.462. The summed E-state index contributed by atoms with van der Waals surface area (Å²) in [5, 5.41) is 3.30. The monoisotopic (exact) mass is 255 g/mol. The van der Waals surface area contributed by atoms with Gasteiger partial charge in [0.1, 0.15) is 11.6 Å². The molecule has 0 spiro atoms. The van der Waals surface area contributed by atoms with Gasteiger partial charge in [0.05, 0.1) is 5.02 Å². The number of carbonyl (C=O) groups is 1. The second-order valence-electron chi connectivity index (χ2n) is 4.49. The number of hydrogen-bond acceptors (Lipinski definition) is 2. The van der Waals surface area contributed by atoms with Gasteiger partial charge in [-0.25, -0.2) is 4.39 Å². The van der Waals surface area contributed by atoms with Crippen LogP contribution in [0.5, 0.6) is 0 Å². The van der Waals surface area contributed by atoms with Crippen molar-refractivity contribution in [3.05, 3.63) is 34.6 Å². The van der Waals surface area contributed by atoms with Crippen LogP contribution in [0.2, 0.25) is 5.02 Å². The van der Waals surface area contributed by atoms with Gasteiger partial charge >= 0.3 is 0 Å². The Bertz CT molecular complexity index is 435. The summed E-state index contributed by atoms with van der Waals surface area (Å²) in [4.78, 5) is 12.1. The van der Waals surface area contributed by atoms with Gasteiger partial charge in [-0.05, 0) is 31.5 Å². The van der Waals surface area contributed by atoms with E-state index in [1.54, 1.807) is 12.1 Å². The third-order valence-electron chi connectivity index (χ3n) is 3.34. The molecule has 0 aromatic heterocycles. The second-order valence-corrected chi connectivity index (χ2v) is 4.87. The predicted molar refractivity (Wildman–Crippen MR) is 65.7 cm³/mol. The van der Waals surface area contributed by atoms with Crippen molar-refractivity contribution in [2.45, 2.75) is 25.8 Å². The molecular weight excluding hydrogens is 241 g/mol. The summed E-state index contributed by atoms with van der Waals surface area (Å²) in [6.45, 7) is 2.87. The summed E-state index contributed by atoms with van der Waals surface area (Å²) in [6, 6.07) is 4.79. The van der Waals surface area contributed by atoms with Crippen LogP contribution in [0.3, 0.4) is 0 Å². The standard InChI is InChI=1S/C13H15ClFNO/c1-8-10(5-6-16-8)12(17)7-9-3-2-4-11(15)13(9)14/h2-4,8,10,16H,5-7H2,1H3. The molecule has 2 rings (SSSR count). The van der Waals surface area contributed by atoms with E-state index in [-0.39, 0.29) is 29.2 Å². The predicted octanol–water partition coefficient (Wildman–Crippen LogP) is 2.59. The lowest BCUT2D eigenvalue weighted by Crippen LogP contribution is -2.29. The van der Waals surface area contributed by atoms with Crippen molar-refractivity contribution in [2.24, 2.45) is 5.92 Å². The number of Topliss-reactive ketones (excluding diaryl/α,β-unsaturated/α-hetero) is 1. The Balaban J connectivity index is 2.10. The van der Waals surface area contributed by atoms with Crippen LogP contribution in [0.15, 0.2) is 18.2 Å². The molecule has 1 saturated heterocycles. The van der Waals surface area contributed by atoms with E-state index in [0.29, 0.717) is 5.56 Å². The van der Waals surface area contributed by atoms with Gasteiger partial charge in [-0.2, -0.15) is 0 Å². The Kier molecular flexibility index (Phi) is 3.79. The van der Waals surface area contributed by atoms with Crippen molar-refractivity contribution in [3.63, 3.8) is 0 Å². The van der Waals surface area contributed by atoms with Gasteiger partial charge < -0.3 is 5.32 Å². The van der Waals surface area contributed by atoms with Gasteiger partial charge in [-0.15, -0.1) is 0 Å². The third-order valence-corrected chi connectivity index (χ3v) is 3.76. The van der Waals surface area contributed by atoms with E-state index in [4.69, 9.17) is 11.6 Å². The number of ketones is 1. The average Bonchev–Trinajstić information content (AvgIpc) is 2.71.